The van der Waals surface area contributed by atoms with E-state index in [1.165, 1.54) is 10.9 Å². The summed E-state index contributed by atoms with van der Waals surface area (Å²) < 4.78 is 1.63. The molecule has 3 heterocycles. The van der Waals surface area contributed by atoms with Crippen molar-refractivity contribution in [2.45, 2.75) is 13.0 Å². The molecule has 1 N–H and O–H groups in total. The number of amides is 1. The number of anilines is 1. The monoisotopic (exact) mass is 321 g/mol. The van der Waals surface area contributed by atoms with Crippen molar-refractivity contribution in [3.8, 4) is 0 Å². The van der Waals surface area contributed by atoms with Gasteiger partial charge >= 0.3 is 0 Å². The second-order valence-corrected chi connectivity index (χ2v) is 6.26. The first kappa shape index (κ1) is 14.7. The molecule has 0 bridgehead atoms. The fourth-order valence-corrected chi connectivity index (χ4v) is 3.05. The summed E-state index contributed by atoms with van der Waals surface area (Å²) in [6, 6.07) is 12.1. The van der Waals surface area contributed by atoms with Crippen molar-refractivity contribution < 1.29 is 4.79 Å². The molecule has 0 radical (unpaired) electrons. The first-order valence-corrected chi connectivity index (χ1v) is 8.02. The van der Waals surface area contributed by atoms with E-state index < -0.39 is 0 Å². The maximum Gasteiger partial charge on any atom is 0.272 e. The third kappa shape index (κ3) is 2.60. The predicted molar refractivity (Wildman–Crippen MR) is 93.2 cm³/mol. The van der Waals surface area contributed by atoms with E-state index in [9.17, 15) is 4.79 Å². The smallest absolute Gasteiger partial charge is 0.272 e. The van der Waals surface area contributed by atoms with Crippen molar-refractivity contribution in [1.82, 2.24) is 20.1 Å². The van der Waals surface area contributed by atoms with Gasteiger partial charge in [0.1, 0.15) is 11.5 Å². The molecule has 1 aliphatic heterocycles. The van der Waals surface area contributed by atoms with E-state index in [-0.39, 0.29) is 11.9 Å². The highest BCUT2D eigenvalue weighted by atomic mass is 16.2. The van der Waals surface area contributed by atoms with Gasteiger partial charge in [0.25, 0.3) is 5.91 Å². The van der Waals surface area contributed by atoms with E-state index in [0.717, 1.165) is 24.4 Å². The highest BCUT2D eigenvalue weighted by Gasteiger charge is 2.30. The zero-order valence-corrected chi connectivity index (χ0v) is 13.7. The summed E-state index contributed by atoms with van der Waals surface area (Å²) in [7, 11) is 1.80. The average molecular weight is 321 g/mol. The van der Waals surface area contributed by atoms with Crippen LogP contribution in [-0.4, -0.2) is 39.8 Å². The molecule has 6 heteroatoms. The molecule has 2 aromatic heterocycles. The minimum atomic E-state index is -0.122. The summed E-state index contributed by atoms with van der Waals surface area (Å²) in [6.45, 7) is 3.64. The van der Waals surface area contributed by atoms with Gasteiger partial charge in [-0.3, -0.25) is 9.48 Å². The van der Waals surface area contributed by atoms with Gasteiger partial charge in [0.15, 0.2) is 0 Å². The number of nitrogens with zero attached hydrogens (tertiary/aromatic N) is 4. The van der Waals surface area contributed by atoms with Gasteiger partial charge in [-0.05, 0) is 30.7 Å². The molecule has 0 aliphatic carbocycles. The number of benzene rings is 1. The van der Waals surface area contributed by atoms with Gasteiger partial charge in [-0.25, -0.2) is 4.98 Å². The molecule has 0 atom stereocenters. The average Bonchev–Trinajstić information content (AvgIpc) is 2.97. The molecule has 6 nitrogen and oxygen atoms in total. The molecule has 0 unspecified atom stereocenters. The number of hydrogen-bond acceptors (Lipinski definition) is 4. The molecule has 0 saturated carbocycles. The Morgan fingerprint density at radius 3 is 2.79 bits per heavy atom. The van der Waals surface area contributed by atoms with E-state index in [1.54, 1.807) is 24.0 Å². The molecular formula is C18H19N5O. The van der Waals surface area contributed by atoms with E-state index in [4.69, 9.17) is 4.98 Å². The summed E-state index contributed by atoms with van der Waals surface area (Å²) in [5.41, 5.74) is 2.68. The van der Waals surface area contributed by atoms with Crippen molar-refractivity contribution in [2.75, 3.05) is 18.0 Å². The van der Waals surface area contributed by atoms with Crippen LogP contribution < -0.4 is 10.2 Å². The maximum atomic E-state index is 12.1. The van der Waals surface area contributed by atoms with Crippen molar-refractivity contribution in [3.63, 3.8) is 0 Å². The highest BCUT2D eigenvalue weighted by Crippen LogP contribution is 2.25. The van der Waals surface area contributed by atoms with Gasteiger partial charge in [0.2, 0.25) is 0 Å². The van der Waals surface area contributed by atoms with Crippen LogP contribution in [0.3, 0.4) is 0 Å². The summed E-state index contributed by atoms with van der Waals surface area (Å²) in [4.78, 5) is 19.0. The topological polar surface area (TPSA) is 63.1 Å². The van der Waals surface area contributed by atoms with Gasteiger partial charge in [-0.15, -0.1) is 0 Å². The summed E-state index contributed by atoms with van der Waals surface area (Å²) >= 11 is 0. The van der Waals surface area contributed by atoms with Crippen LogP contribution >= 0.6 is 0 Å². The third-order valence-electron chi connectivity index (χ3n) is 4.40. The van der Waals surface area contributed by atoms with E-state index in [1.807, 2.05) is 18.2 Å². The van der Waals surface area contributed by atoms with Crippen LogP contribution in [0.15, 0.2) is 42.6 Å². The predicted octanol–water partition coefficient (Wildman–Crippen LogP) is 1.90. The zero-order chi connectivity index (χ0) is 16.7. The Kier molecular flexibility index (Phi) is 3.45. The third-order valence-corrected chi connectivity index (χ3v) is 4.40. The van der Waals surface area contributed by atoms with Gasteiger partial charge < -0.3 is 10.2 Å². The van der Waals surface area contributed by atoms with Gasteiger partial charge in [0.05, 0.1) is 11.6 Å². The fourth-order valence-electron chi connectivity index (χ4n) is 3.05. The Bertz CT molecular complexity index is 911. The molecule has 1 aliphatic rings. The first-order chi connectivity index (χ1) is 11.6. The van der Waals surface area contributed by atoms with E-state index >= 15 is 0 Å². The zero-order valence-electron chi connectivity index (χ0n) is 13.7. The van der Waals surface area contributed by atoms with Gasteiger partial charge in [-0.2, -0.15) is 5.10 Å². The molecule has 4 rings (SSSR count). The van der Waals surface area contributed by atoms with Crippen LogP contribution in [0.5, 0.6) is 0 Å². The normalized spacial score (nSPS) is 14.7. The molecule has 1 aromatic carbocycles. The molecule has 1 saturated heterocycles. The van der Waals surface area contributed by atoms with Crippen LogP contribution in [0.4, 0.5) is 5.82 Å². The Morgan fingerprint density at radius 1 is 1.25 bits per heavy atom. The molecule has 3 aromatic rings. The van der Waals surface area contributed by atoms with E-state index in [2.05, 4.69) is 34.4 Å². The number of carbonyl (C=O) groups is 1. The Balaban J connectivity index is 1.43. The number of fused-ring (bicyclic) bond motifs is 1. The number of hydrogen-bond donors (Lipinski definition) is 1. The lowest BCUT2D eigenvalue weighted by Crippen LogP contribution is -2.59. The molecular weight excluding hydrogens is 302 g/mol. The molecule has 1 amide bonds. The lowest BCUT2D eigenvalue weighted by atomic mass is 10.1. The van der Waals surface area contributed by atoms with Crippen LogP contribution in [0, 0.1) is 6.92 Å². The molecule has 24 heavy (non-hydrogen) atoms. The number of nitrogens with one attached hydrogen (secondary N) is 1. The van der Waals surface area contributed by atoms with Gasteiger partial charge in [-0.1, -0.05) is 18.2 Å². The van der Waals surface area contributed by atoms with Crippen molar-refractivity contribution in [1.29, 1.82) is 0 Å². The number of para-hydroxylation sites is 1. The summed E-state index contributed by atoms with van der Waals surface area (Å²) in [5, 5.41) is 8.32. The number of rotatable bonds is 3. The lowest BCUT2D eigenvalue weighted by Gasteiger charge is -2.40. The molecule has 122 valence electrons. The minimum absolute atomic E-state index is 0.122. The highest BCUT2D eigenvalue weighted by molar-refractivity contribution is 5.92. The van der Waals surface area contributed by atoms with Gasteiger partial charge in [0, 0.05) is 31.7 Å². The maximum absolute atomic E-state index is 12.1. The summed E-state index contributed by atoms with van der Waals surface area (Å²) in [5.74, 6) is 0.845. The molecule has 1 fully saturated rings. The Hall–Kier alpha value is -2.89. The van der Waals surface area contributed by atoms with Crippen LogP contribution in [0.1, 0.15) is 16.1 Å². The lowest BCUT2D eigenvalue weighted by molar-refractivity contribution is 0.0924. The largest absolute Gasteiger partial charge is 0.352 e. The van der Waals surface area contributed by atoms with E-state index in [0.29, 0.717) is 5.69 Å². The van der Waals surface area contributed by atoms with Crippen molar-refractivity contribution >= 4 is 22.6 Å². The first-order valence-electron chi connectivity index (χ1n) is 8.02. The SMILES string of the molecule is Cc1cc(N2CC(NC(=O)c3ccn(C)n3)C2)nc2ccccc12. The molecule has 0 spiro atoms. The second-order valence-electron chi connectivity index (χ2n) is 6.26. The number of aromatic nitrogens is 3. The van der Waals surface area contributed by atoms with Crippen LogP contribution in [0.25, 0.3) is 10.9 Å². The van der Waals surface area contributed by atoms with Crippen LogP contribution in [-0.2, 0) is 7.05 Å². The Morgan fingerprint density at radius 2 is 2.04 bits per heavy atom. The van der Waals surface area contributed by atoms with Crippen LogP contribution in [0.2, 0.25) is 0 Å². The second kappa shape index (κ2) is 5.63. The Labute approximate surface area is 140 Å². The number of aryl methyl sites for hydroxylation is 2. The quantitative estimate of drug-likeness (QED) is 0.800. The van der Waals surface area contributed by atoms with Crippen molar-refractivity contribution in [2.24, 2.45) is 7.05 Å². The fraction of sp³-hybridized carbons (Fsp3) is 0.278. The minimum Gasteiger partial charge on any atom is -0.352 e. The number of carbonyl (C=O) groups excluding carboxylic acids is 1. The van der Waals surface area contributed by atoms with Crippen molar-refractivity contribution in [3.05, 3.63) is 53.9 Å². The standard InChI is InChI=1S/C18H19N5O/c1-12-9-17(20-15-6-4-3-5-14(12)15)23-10-13(11-23)19-18(24)16-7-8-22(2)21-16/h3-9,13H,10-11H2,1-2H3,(H,19,24). The summed E-state index contributed by atoms with van der Waals surface area (Å²) in [6.07, 6.45) is 1.77. The number of pyridine rings is 1.